The van der Waals surface area contributed by atoms with Crippen LogP contribution in [0.15, 0.2) is 68.1 Å². The summed E-state index contributed by atoms with van der Waals surface area (Å²) in [6.45, 7) is 2.11. The summed E-state index contributed by atoms with van der Waals surface area (Å²) in [6.07, 6.45) is 5.16. The maximum Gasteiger partial charge on any atom is 0.191 e. The standard InChI is InChI=1S/C18H21N3O2S/c1-4-15(22-11-1)7-9-19-18(21-14-16-5-2-12-23-16)20-10-8-17-6-3-13-24-17/h1-6,11-13H,7-10,14H2,(H2,19,20,21). The summed E-state index contributed by atoms with van der Waals surface area (Å²) in [5, 5.41) is 8.82. The summed E-state index contributed by atoms with van der Waals surface area (Å²) in [5.41, 5.74) is 0. The first-order chi connectivity index (χ1) is 11.9. The number of guanidine groups is 1. The van der Waals surface area contributed by atoms with Crippen LogP contribution in [0.4, 0.5) is 0 Å². The molecule has 0 saturated heterocycles. The molecular weight excluding hydrogens is 322 g/mol. The number of hydrogen-bond donors (Lipinski definition) is 2. The van der Waals surface area contributed by atoms with Crippen LogP contribution >= 0.6 is 11.3 Å². The van der Waals surface area contributed by atoms with Crippen molar-refractivity contribution in [1.82, 2.24) is 10.6 Å². The Balaban J connectivity index is 1.49. The third-order valence-corrected chi connectivity index (χ3v) is 4.40. The molecule has 0 aromatic carbocycles. The third-order valence-electron chi connectivity index (χ3n) is 3.46. The molecule has 0 atom stereocenters. The van der Waals surface area contributed by atoms with Crippen LogP contribution in [0.25, 0.3) is 0 Å². The van der Waals surface area contributed by atoms with Crippen molar-refractivity contribution in [2.45, 2.75) is 19.4 Å². The van der Waals surface area contributed by atoms with Crippen molar-refractivity contribution in [2.24, 2.45) is 4.99 Å². The summed E-state index contributed by atoms with van der Waals surface area (Å²) in [5.74, 6) is 2.60. The minimum atomic E-state index is 0.516. The van der Waals surface area contributed by atoms with Gasteiger partial charge in [0.05, 0.1) is 12.5 Å². The maximum atomic E-state index is 5.35. The van der Waals surface area contributed by atoms with Gasteiger partial charge in [-0.15, -0.1) is 11.3 Å². The topological polar surface area (TPSA) is 62.7 Å². The highest BCUT2D eigenvalue weighted by atomic mass is 32.1. The average Bonchev–Trinajstić information content (AvgIpc) is 3.34. The predicted molar refractivity (Wildman–Crippen MR) is 96.3 cm³/mol. The number of nitrogens with zero attached hydrogens (tertiary/aromatic N) is 1. The summed E-state index contributed by atoms with van der Waals surface area (Å²) in [6, 6.07) is 11.9. The Hall–Kier alpha value is -2.47. The lowest BCUT2D eigenvalue weighted by Crippen LogP contribution is -2.39. The highest BCUT2D eigenvalue weighted by Gasteiger charge is 2.02. The lowest BCUT2D eigenvalue weighted by atomic mass is 10.3. The molecule has 3 aromatic rings. The predicted octanol–water partition coefficient (Wildman–Crippen LogP) is 3.45. The van der Waals surface area contributed by atoms with Crippen molar-refractivity contribution in [1.29, 1.82) is 0 Å². The molecule has 0 spiro atoms. The van der Waals surface area contributed by atoms with E-state index in [1.54, 1.807) is 23.9 Å². The molecule has 126 valence electrons. The van der Waals surface area contributed by atoms with Gasteiger partial charge < -0.3 is 19.5 Å². The number of rotatable bonds is 8. The molecule has 0 radical (unpaired) electrons. The normalized spacial score (nSPS) is 11.6. The number of furan rings is 2. The van der Waals surface area contributed by atoms with Crippen LogP contribution in [-0.2, 0) is 19.4 Å². The smallest absolute Gasteiger partial charge is 0.191 e. The first-order valence-corrected chi connectivity index (χ1v) is 8.87. The second-order valence-corrected chi connectivity index (χ2v) is 6.29. The zero-order chi connectivity index (χ0) is 16.5. The fourth-order valence-electron chi connectivity index (χ4n) is 2.25. The molecule has 6 heteroatoms. The summed E-state index contributed by atoms with van der Waals surface area (Å²) < 4.78 is 10.7. The Morgan fingerprint density at radius 1 is 0.917 bits per heavy atom. The third kappa shape index (κ3) is 5.31. The van der Waals surface area contributed by atoms with Crippen molar-refractivity contribution in [3.63, 3.8) is 0 Å². The van der Waals surface area contributed by atoms with Crippen LogP contribution in [0.5, 0.6) is 0 Å². The van der Waals surface area contributed by atoms with Crippen molar-refractivity contribution < 1.29 is 8.83 Å². The number of aliphatic imine (C=N–C) groups is 1. The van der Waals surface area contributed by atoms with E-state index in [4.69, 9.17) is 8.83 Å². The van der Waals surface area contributed by atoms with Crippen LogP contribution in [0.3, 0.4) is 0 Å². The Morgan fingerprint density at radius 3 is 2.33 bits per heavy atom. The van der Waals surface area contributed by atoms with Crippen LogP contribution < -0.4 is 10.6 Å². The number of thiophene rings is 1. The van der Waals surface area contributed by atoms with Crippen LogP contribution in [0.2, 0.25) is 0 Å². The largest absolute Gasteiger partial charge is 0.469 e. The SMILES string of the molecule is c1coc(CCNC(=NCc2ccco2)NCCc2cccs2)c1. The van der Waals surface area contributed by atoms with Crippen molar-refractivity contribution in [2.75, 3.05) is 13.1 Å². The van der Waals surface area contributed by atoms with Gasteiger partial charge in [0.1, 0.15) is 18.1 Å². The minimum absolute atomic E-state index is 0.516. The van der Waals surface area contributed by atoms with Crippen molar-refractivity contribution in [3.8, 4) is 0 Å². The van der Waals surface area contributed by atoms with Crippen molar-refractivity contribution in [3.05, 3.63) is 70.7 Å². The first kappa shape index (κ1) is 16.4. The summed E-state index contributed by atoms with van der Waals surface area (Å²) in [7, 11) is 0. The monoisotopic (exact) mass is 343 g/mol. The van der Waals surface area contributed by atoms with Gasteiger partial charge in [-0.1, -0.05) is 6.07 Å². The minimum Gasteiger partial charge on any atom is -0.469 e. The Kier molecular flexibility index (Phi) is 6.13. The van der Waals surface area contributed by atoms with E-state index in [1.807, 2.05) is 24.3 Å². The van der Waals surface area contributed by atoms with Crippen LogP contribution in [0.1, 0.15) is 16.4 Å². The Labute approximate surface area is 145 Å². The van der Waals surface area contributed by atoms with E-state index in [0.29, 0.717) is 6.54 Å². The highest BCUT2D eigenvalue weighted by Crippen LogP contribution is 2.08. The van der Waals surface area contributed by atoms with Gasteiger partial charge in [-0.05, 0) is 42.1 Å². The fraction of sp³-hybridized carbons (Fsp3) is 0.278. The van der Waals surface area contributed by atoms with Crippen molar-refractivity contribution >= 4 is 17.3 Å². The summed E-state index contributed by atoms with van der Waals surface area (Å²) in [4.78, 5) is 5.94. The van der Waals surface area contributed by atoms with E-state index < -0.39 is 0 Å². The van der Waals surface area contributed by atoms with Gasteiger partial charge in [-0.3, -0.25) is 0 Å². The molecule has 0 saturated carbocycles. The fourth-order valence-corrected chi connectivity index (χ4v) is 2.96. The van der Waals surface area contributed by atoms with Gasteiger partial charge >= 0.3 is 0 Å². The first-order valence-electron chi connectivity index (χ1n) is 7.99. The molecular formula is C18H21N3O2S. The second kappa shape index (κ2) is 8.98. The number of hydrogen-bond acceptors (Lipinski definition) is 4. The van der Waals surface area contributed by atoms with E-state index >= 15 is 0 Å². The molecule has 3 heterocycles. The van der Waals surface area contributed by atoms with Gasteiger partial charge in [0.2, 0.25) is 0 Å². The quantitative estimate of drug-likeness (QED) is 0.486. The molecule has 3 rings (SSSR count). The van der Waals surface area contributed by atoms with E-state index in [1.165, 1.54) is 4.88 Å². The summed E-state index contributed by atoms with van der Waals surface area (Å²) >= 11 is 1.77. The molecule has 5 nitrogen and oxygen atoms in total. The Bertz CT molecular complexity index is 661. The second-order valence-electron chi connectivity index (χ2n) is 5.26. The maximum absolute atomic E-state index is 5.35. The zero-order valence-corrected chi connectivity index (χ0v) is 14.2. The van der Waals surface area contributed by atoms with Gasteiger partial charge in [-0.25, -0.2) is 4.99 Å². The lowest BCUT2D eigenvalue weighted by Gasteiger charge is -2.11. The van der Waals surface area contributed by atoms with Gasteiger partial charge in [0.15, 0.2) is 5.96 Å². The zero-order valence-electron chi connectivity index (χ0n) is 13.4. The van der Waals surface area contributed by atoms with Gasteiger partial charge in [-0.2, -0.15) is 0 Å². The molecule has 2 N–H and O–H groups in total. The molecule has 0 amide bonds. The van der Waals surface area contributed by atoms with E-state index in [9.17, 15) is 0 Å². The van der Waals surface area contributed by atoms with Gasteiger partial charge in [0, 0.05) is 24.4 Å². The van der Waals surface area contributed by atoms with Crippen LogP contribution in [0, 0.1) is 0 Å². The molecule has 0 aliphatic carbocycles. The van der Waals surface area contributed by atoms with Crippen LogP contribution in [-0.4, -0.2) is 19.0 Å². The lowest BCUT2D eigenvalue weighted by molar-refractivity contribution is 0.505. The average molecular weight is 343 g/mol. The van der Waals surface area contributed by atoms with E-state index in [0.717, 1.165) is 43.4 Å². The molecule has 0 unspecified atom stereocenters. The van der Waals surface area contributed by atoms with Gasteiger partial charge in [0.25, 0.3) is 0 Å². The molecule has 0 bridgehead atoms. The highest BCUT2D eigenvalue weighted by molar-refractivity contribution is 7.09. The van der Waals surface area contributed by atoms with E-state index in [2.05, 4.69) is 33.1 Å². The molecule has 0 fully saturated rings. The number of nitrogens with one attached hydrogen (secondary N) is 2. The molecule has 24 heavy (non-hydrogen) atoms. The molecule has 3 aromatic heterocycles. The Morgan fingerprint density at radius 2 is 1.67 bits per heavy atom. The molecule has 0 aliphatic heterocycles. The van der Waals surface area contributed by atoms with E-state index in [-0.39, 0.29) is 0 Å². The molecule has 0 aliphatic rings.